The molecule has 0 radical (unpaired) electrons. The smallest absolute Gasteiger partial charge is 0.417 e. The summed E-state index contributed by atoms with van der Waals surface area (Å²) in [7, 11) is 5.71. The monoisotopic (exact) mass is 2130 g/mol. The molecule has 8 atom stereocenters. The summed E-state index contributed by atoms with van der Waals surface area (Å²) in [6, 6.07) is 41.8. The number of esters is 3. The molecule has 0 spiro atoms. The van der Waals surface area contributed by atoms with E-state index in [4.69, 9.17) is 44.0 Å². The second kappa shape index (κ2) is 45.2. The second-order valence-corrected chi connectivity index (χ2v) is 37.0. The number of fused-ring (bicyclic) bond motifs is 4. The van der Waals surface area contributed by atoms with Crippen molar-refractivity contribution in [2.45, 2.75) is 110 Å². The van der Waals surface area contributed by atoms with E-state index in [9.17, 15) is 91.0 Å². The van der Waals surface area contributed by atoms with Crippen molar-refractivity contribution in [3.63, 3.8) is 0 Å². The van der Waals surface area contributed by atoms with Crippen molar-refractivity contribution in [1.29, 1.82) is 0 Å². The van der Waals surface area contributed by atoms with Gasteiger partial charge in [-0.05, 0) is 195 Å². The molecule has 7 saturated carbocycles. The van der Waals surface area contributed by atoms with Crippen LogP contribution in [0.25, 0.3) is 43.1 Å². The van der Waals surface area contributed by atoms with E-state index >= 15 is 0 Å². The van der Waals surface area contributed by atoms with Crippen LogP contribution in [0.15, 0.2) is 199 Å². The first-order valence-electron chi connectivity index (χ1n) is 46.4. The Balaban J connectivity index is 0.000000145. The third-order valence-electron chi connectivity index (χ3n) is 25.3. The Labute approximate surface area is 835 Å². The van der Waals surface area contributed by atoms with E-state index < -0.39 is 94.4 Å². The maximum Gasteiger partial charge on any atom is 0.417 e. The standard InChI is InChI=1S/C28H27F3N2O4.C26H23F3N2O4.C24H21F3N2O4.C13H14BrNO4.C11H8F3N.C4H7Br/c1-3-37-27(35)21-13-20(21)26(34)25-24(36-2)12-17(14-32-25)33(15-16-8-9-16)23-11-10-22(28(29,30)31)18-6-4-5-7-19(18)23;1-35-22-10-15(12-30-23(22)24(32)18-11-19(18)25(33)34)31(13-14-6-7-14)21-9-8-20(26(27,28)29)16-4-2-3-5-17(16)21;1-3-33-23(31)17-11-16(17)22(30)21-20(32-2)10-13(12-28-21)29-19-9-8-18(24(25,26)27)14-6-4-5-7-15(14)19;1-3-19-13(17)9-5-8(9)12(16)11-10(18-2)4-7(14)6-15-11;12-11(13,14)9-5-6-10(15)8-4-2-1-3-7(8)9;5-3-4-1-2-4/h4-7,10-12,14,16,20-21H,3,8-9,13,15H2,1-2H3;2-5,8-10,12,14,18-19H,6-7,11,13H2,1H3,(H,33,34);4-10,12,16-17,29H,3,11H2,1-2H3;4,6,8-9H,3,5H2,1-2H3;1-6H,15H2;4H,1-3H2. The van der Waals surface area contributed by atoms with Crippen LogP contribution in [0, 0.1) is 65.1 Å². The number of carbonyl (C=O) groups is 8. The normalized spacial score (nSPS) is 18.4. The number of carboxylic acid groups (broad SMARTS) is 1. The van der Waals surface area contributed by atoms with Crippen LogP contribution < -0.4 is 39.8 Å². The summed E-state index contributed by atoms with van der Waals surface area (Å²) < 4.78 is 197. The quantitative estimate of drug-likeness (QED) is 0.00940. The molecule has 4 heterocycles. The highest BCUT2D eigenvalue weighted by Crippen LogP contribution is 2.52. The molecule has 0 amide bonds. The molecule has 144 heavy (non-hydrogen) atoms. The SMILES string of the molecule is BrCC1CC1.CCOC(=O)C1CC1C(=O)c1ncc(Br)cc1OC.CCOC(=O)C1CC1C(=O)c1ncc(N(CC2CC2)c2ccc(C(F)(F)F)c3ccccc23)cc1OC.CCOC(=O)C1CC1C(=O)c1ncc(Nc2ccc(C(F)(F)F)c3ccccc23)cc1OC.COc1cc(N(CC2CC2)c2ccc(C(F)(F)F)c3ccccc23)cnc1C(=O)C1CC1C(=O)O.Nc1ccc(C(F)(F)F)c2ccccc12. The molecule has 8 aromatic carbocycles. The topological polar surface area (TPSA) is 317 Å². The van der Waals surface area contributed by atoms with Crippen molar-refractivity contribution in [3.8, 4) is 23.0 Å². The van der Waals surface area contributed by atoms with E-state index in [2.05, 4.69) is 57.1 Å². The minimum atomic E-state index is -4.48. The molecule has 24 nitrogen and oxygen atoms in total. The Kier molecular flexibility index (Phi) is 33.3. The Morgan fingerprint density at radius 1 is 0.382 bits per heavy atom. The molecule has 4 aromatic heterocycles. The zero-order valence-electron chi connectivity index (χ0n) is 78.8. The van der Waals surface area contributed by atoms with Gasteiger partial charge in [-0.15, -0.1) is 0 Å². The Bertz CT molecular complexity index is 6820. The van der Waals surface area contributed by atoms with Gasteiger partial charge in [0.1, 0.15) is 45.8 Å². The number of halogens is 14. The van der Waals surface area contributed by atoms with Gasteiger partial charge < -0.3 is 59.1 Å². The van der Waals surface area contributed by atoms with Gasteiger partial charge in [-0.3, -0.25) is 38.4 Å². The van der Waals surface area contributed by atoms with Crippen LogP contribution in [0.4, 0.5) is 92.5 Å². The Morgan fingerprint density at radius 3 is 1.03 bits per heavy atom. The number of Topliss-reactive ketones (excluding diaryl/α,β-unsaturated/α-hetero) is 4. The Hall–Kier alpha value is -13.5. The number of nitrogens with two attached hydrogens (primary N) is 1. The first-order chi connectivity index (χ1) is 68.7. The highest BCUT2D eigenvalue weighted by molar-refractivity contribution is 9.10. The fraction of sp³-hybridized carbons (Fsp3) is 0.358. The van der Waals surface area contributed by atoms with Crippen molar-refractivity contribution < 1.29 is 129 Å². The van der Waals surface area contributed by atoms with E-state index in [-0.39, 0.29) is 128 Å². The third kappa shape index (κ3) is 25.4. The van der Waals surface area contributed by atoms with Crippen molar-refractivity contribution >= 4 is 162 Å². The van der Waals surface area contributed by atoms with Gasteiger partial charge in [0.05, 0.1) is 130 Å². The molecule has 7 fully saturated rings. The minimum absolute atomic E-state index is 0.0636. The van der Waals surface area contributed by atoms with Gasteiger partial charge in [0.2, 0.25) is 0 Å². The number of nitrogens with one attached hydrogen (secondary N) is 1. The van der Waals surface area contributed by atoms with Crippen LogP contribution in [0.1, 0.15) is 149 Å². The summed E-state index contributed by atoms with van der Waals surface area (Å²) in [5.41, 5.74) is 7.09. The maximum absolute atomic E-state index is 13.7. The number of hydrogen-bond acceptors (Lipinski definition) is 23. The van der Waals surface area contributed by atoms with Gasteiger partial charge >= 0.3 is 48.6 Å². The molecule has 12 aromatic rings. The number of carboxylic acids is 1. The van der Waals surface area contributed by atoms with E-state index in [0.29, 0.717) is 118 Å². The number of pyridine rings is 4. The third-order valence-corrected chi connectivity index (χ3v) is 26.7. The maximum atomic E-state index is 13.7. The van der Waals surface area contributed by atoms with Crippen LogP contribution in [0.5, 0.6) is 23.0 Å². The van der Waals surface area contributed by atoms with E-state index in [1.807, 2.05) is 9.80 Å². The van der Waals surface area contributed by atoms with E-state index in [0.717, 1.165) is 60.3 Å². The number of methoxy groups -OCH3 is 4. The fourth-order valence-electron chi connectivity index (χ4n) is 16.9. The van der Waals surface area contributed by atoms with E-state index in [1.54, 1.807) is 124 Å². The lowest BCUT2D eigenvalue weighted by Gasteiger charge is -2.27. The number of rotatable bonds is 30. The molecule has 7 aliphatic rings. The molecule has 0 aliphatic heterocycles. The molecular formula is C106H100Br2F12N8O16. The minimum Gasteiger partial charge on any atom is -0.494 e. The van der Waals surface area contributed by atoms with Gasteiger partial charge in [0.15, 0.2) is 23.1 Å². The van der Waals surface area contributed by atoms with Crippen LogP contribution >= 0.6 is 31.9 Å². The number of benzene rings is 8. The number of aliphatic carboxylic acids is 1. The summed E-state index contributed by atoms with van der Waals surface area (Å²) >= 11 is 6.64. The number of alkyl halides is 13. The number of hydrogen-bond donors (Lipinski definition) is 3. The summed E-state index contributed by atoms with van der Waals surface area (Å²) in [6.45, 7) is 7.17. The molecule has 758 valence electrons. The van der Waals surface area contributed by atoms with Gasteiger partial charge in [-0.25, -0.2) is 19.9 Å². The van der Waals surface area contributed by atoms with Gasteiger partial charge in [0, 0.05) is 115 Å². The lowest BCUT2D eigenvalue weighted by molar-refractivity contribution is -0.145. The summed E-state index contributed by atoms with van der Waals surface area (Å²) in [4.78, 5) is 118. The van der Waals surface area contributed by atoms with Crippen molar-refractivity contribution in [3.05, 3.63) is 244 Å². The number of ether oxygens (including phenoxy) is 7. The average molecular weight is 2130 g/mol. The lowest BCUT2D eigenvalue weighted by Crippen LogP contribution is -2.22. The first-order valence-corrected chi connectivity index (χ1v) is 48.3. The van der Waals surface area contributed by atoms with Crippen LogP contribution in [-0.4, -0.2) is 139 Å². The van der Waals surface area contributed by atoms with Crippen molar-refractivity contribution in [1.82, 2.24) is 19.9 Å². The van der Waals surface area contributed by atoms with Gasteiger partial charge in [-0.1, -0.05) is 113 Å². The number of aromatic nitrogens is 4. The highest BCUT2D eigenvalue weighted by atomic mass is 79.9. The summed E-state index contributed by atoms with van der Waals surface area (Å²) in [5.74, 6) is -4.23. The molecule has 0 saturated heterocycles. The molecule has 38 heteroatoms. The predicted octanol–water partition coefficient (Wildman–Crippen LogP) is 24.8. The molecule has 0 bridgehead atoms. The van der Waals surface area contributed by atoms with Gasteiger partial charge in [-0.2, -0.15) is 52.7 Å². The second-order valence-electron chi connectivity index (χ2n) is 35.4. The number of carbonyl (C=O) groups excluding carboxylic acids is 7. The Morgan fingerprint density at radius 2 is 0.688 bits per heavy atom. The molecule has 19 rings (SSSR count). The van der Waals surface area contributed by atoms with E-state index in [1.165, 1.54) is 114 Å². The molecular weight excluding hydrogens is 2030 g/mol. The predicted molar refractivity (Wildman–Crippen MR) is 522 cm³/mol. The zero-order valence-corrected chi connectivity index (χ0v) is 81.9. The number of ketones is 4. The van der Waals surface area contributed by atoms with Gasteiger partial charge in [0.25, 0.3) is 0 Å². The number of nitrogens with zero attached hydrogens (tertiary/aromatic N) is 6. The average Bonchev–Trinajstić information content (AvgIpc) is 1.68. The number of anilines is 7. The largest absolute Gasteiger partial charge is 0.494 e. The first kappa shape index (κ1) is 106. The summed E-state index contributed by atoms with van der Waals surface area (Å²) in [5, 5.41) is 15.7. The fourth-order valence-corrected chi connectivity index (χ4v) is 17.8. The molecule has 7 aliphatic carbocycles. The number of nitrogen functional groups attached to an aromatic ring is 1. The summed E-state index contributed by atoms with van der Waals surface area (Å²) in [6.07, 6.45) is -3.13. The van der Waals surface area contributed by atoms with Crippen molar-refractivity contribution in [2.24, 2.45) is 65.1 Å². The van der Waals surface area contributed by atoms with Crippen LogP contribution in [-0.2, 0) is 58.1 Å². The highest BCUT2D eigenvalue weighted by Gasteiger charge is 2.54. The van der Waals surface area contributed by atoms with Crippen molar-refractivity contribution in [2.75, 3.05) is 87.5 Å². The zero-order chi connectivity index (χ0) is 104. The van der Waals surface area contributed by atoms with Crippen LogP contribution in [0.3, 0.4) is 0 Å². The lowest BCUT2D eigenvalue weighted by atomic mass is 10.0. The van der Waals surface area contributed by atoms with Crippen LogP contribution in [0.2, 0.25) is 0 Å². The molecule has 8 unspecified atom stereocenters. The molecule has 4 N–H and O–H groups in total.